The summed E-state index contributed by atoms with van der Waals surface area (Å²) in [4.78, 5) is 0. The van der Waals surface area contributed by atoms with Gasteiger partial charge in [-0.05, 0) is 61.1 Å². The molecule has 0 aliphatic rings. The van der Waals surface area contributed by atoms with E-state index in [2.05, 4.69) is 0 Å². The molecule has 4 N–H and O–H groups in total. The van der Waals surface area contributed by atoms with Crippen LogP contribution in [0.5, 0.6) is 23.0 Å². The van der Waals surface area contributed by atoms with Crippen LogP contribution in [0.15, 0.2) is 36.4 Å². The fraction of sp³-hybridized carbons (Fsp3) is 0.333. The zero-order valence-corrected chi connectivity index (χ0v) is 12.8. The molecule has 0 aliphatic heterocycles. The van der Waals surface area contributed by atoms with Crippen molar-refractivity contribution in [1.82, 2.24) is 0 Å². The van der Waals surface area contributed by atoms with Crippen LogP contribution in [-0.4, -0.2) is 20.4 Å². The van der Waals surface area contributed by atoms with Crippen molar-refractivity contribution in [1.29, 1.82) is 0 Å². The van der Waals surface area contributed by atoms with Crippen molar-refractivity contribution in [2.45, 2.75) is 38.5 Å². The summed E-state index contributed by atoms with van der Waals surface area (Å²) in [6.45, 7) is 3.99. The molecule has 4 heteroatoms. The van der Waals surface area contributed by atoms with Gasteiger partial charge in [0.25, 0.3) is 0 Å². The molecular weight excluding hydrogens is 280 g/mol. The maximum absolute atomic E-state index is 10.1. The lowest BCUT2D eigenvalue weighted by atomic mass is 9.77. The topological polar surface area (TPSA) is 80.9 Å². The van der Waals surface area contributed by atoms with Gasteiger partial charge >= 0.3 is 0 Å². The molecule has 0 heterocycles. The summed E-state index contributed by atoms with van der Waals surface area (Å²) in [5, 5.41) is 39.7. The summed E-state index contributed by atoms with van der Waals surface area (Å²) >= 11 is 0. The maximum Gasteiger partial charge on any atom is 0.119 e. The zero-order valence-electron chi connectivity index (χ0n) is 12.8. The van der Waals surface area contributed by atoms with Crippen LogP contribution >= 0.6 is 0 Å². The SMILES string of the molecule is CCC(c1cc(O)ccc1O)C(CC)c1cc(O)ccc1O. The molecule has 2 atom stereocenters. The smallest absolute Gasteiger partial charge is 0.119 e. The van der Waals surface area contributed by atoms with Crippen molar-refractivity contribution in [3.63, 3.8) is 0 Å². The van der Waals surface area contributed by atoms with E-state index in [1.807, 2.05) is 13.8 Å². The van der Waals surface area contributed by atoms with Gasteiger partial charge in [-0.15, -0.1) is 0 Å². The molecule has 0 aliphatic carbocycles. The zero-order chi connectivity index (χ0) is 16.3. The fourth-order valence-electron chi connectivity index (χ4n) is 3.12. The van der Waals surface area contributed by atoms with E-state index < -0.39 is 0 Å². The van der Waals surface area contributed by atoms with E-state index in [0.717, 1.165) is 12.8 Å². The van der Waals surface area contributed by atoms with Crippen molar-refractivity contribution >= 4 is 0 Å². The molecule has 0 bridgehead atoms. The second kappa shape index (κ2) is 6.60. The quantitative estimate of drug-likeness (QED) is 0.624. The molecular formula is C18H22O4. The molecule has 0 amide bonds. The highest BCUT2D eigenvalue weighted by molar-refractivity contribution is 5.46. The summed E-state index contributed by atoms with van der Waals surface area (Å²) < 4.78 is 0. The van der Waals surface area contributed by atoms with Gasteiger partial charge in [-0.2, -0.15) is 0 Å². The molecule has 0 aromatic heterocycles. The second-order valence-electron chi connectivity index (χ2n) is 5.52. The molecule has 4 nitrogen and oxygen atoms in total. The Labute approximate surface area is 130 Å². The van der Waals surface area contributed by atoms with Crippen LogP contribution in [0.1, 0.15) is 49.7 Å². The highest BCUT2D eigenvalue weighted by Crippen LogP contribution is 2.45. The van der Waals surface area contributed by atoms with E-state index in [1.54, 1.807) is 12.1 Å². The van der Waals surface area contributed by atoms with Gasteiger partial charge < -0.3 is 20.4 Å². The van der Waals surface area contributed by atoms with Gasteiger partial charge in [0.15, 0.2) is 0 Å². The van der Waals surface area contributed by atoms with E-state index >= 15 is 0 Å². The summed E-state index contributed by atoms with van der Waals surface area (Å²) in [5.74, 6) is 0.294. The number of aromatic hydroxyl groups is 4. The summed E-state index contributed by atoms with van der Waals surface area (Å²) in [7, 11) is 0. The molecule has 0 fully saturated rings. The van der Waals surface area contributed by atoms with Gasteiger partial charge in [0, 0.05) is 11.1 Å². The minimum absolute atomic E-state index is 0.0789. The Morgan fingerprint density at radius 2 is 1.05 bits per heavy atom. The van der Waals surface area contributed by atoms with E-state index in [1.165, 1.54) is 24.3 Å². The lowest BCUT2D eigenvalue weighted by Crippen LogP contribution is -2.11. The van der Waals surface area contributed by atoms with E-state index in [9.17, 15) is 20.4 Å². The lowest BCUT2D eigenvalue weighted by Gasteiger charge is -2.27. The van der Waals surface area contributed by atoms with Crippen molar-refractivity contribution in [3.05, 3.63) is 47.5 Å². The Morgan fingerprint density at radius 3 is 1.36 bits per heavy atom. The molecule has 0 saturated heterocycles. The Kier molecular flexibility index (Phi) is 4.81. The van der Waals surface area contributed by atoms with E-state index in [-0.39, 0.29) is 34.8 Å². The predicted molar refractivity (Wildman–Crippen MR) is 85.6 cm³/mol. The summed E-state index contributed by atoms with van der Waals surface area (Å²) in [5.41, 5.74) is 1.30. The van der Waals surface area contributed by atoms with Crippen LogP contribution in [0, 0.1) is 0 Å². The van der Waals surface area contributed by atoms with Crippen LogP contribution in [0.3, 0.4) is 0 Å². The molecule has 2 aromatic carbocycles. The number of benzene rings is 2. The molecule has 0 spiro atoms. The highest BCUT2D eigenvalue weighted by Gasteiger charge is 2.27. The first-order valence-corrected chi connectivity index (χ1v) is 7.51. The van der Waals surface area contributed by atoms with Crippen molar-refractivity contribution in [2.75, 3.05) is 0 Å². The number of hydrogen-bond acceptors (Lipinski definition) is 4. The Balaban J connectivity index is 2.51. The Morgan fingerprint density at radius 1 is 0.682 bits per heavy atom. The first-order chi connectivity index (χ1) is 10.5. The normalized spacial score (nSPS) is 13.7. The van der Waals surface area contributed by atoms with Crippen LogP contribution in [0.4, 0.5) is 0 Å². The van der Waals surface area contributed by atoms with Gasteiger partial charge in [0.1, 0.15) is 23.0 Å². The van der Waals surface area contributed by atoms with Crippen molar-refractivity contribution in [3.8, 4) is 23.0 Å². The van der Waals surface area contributed by atoms with Crippen molar-refractivity contribution < 1.29 is 20.4 Å². The number of rotatable bonds is 5. The Hall–Kier alpha value is -2.36. The molecule has 22 heavy (non-hydrogen) atoms. The van der Waals surface area contributed by atoms with Gasteiger partial charge in [-0.1, -0.05) is 13.8 Å². The maximum atomic E-state index is 10.1. The first kappa shape index (κ1) is 16.0. The molecule has 0 radical (unpaired) electrons. The van der Waals surface area contributed by atoms with Crippen LogP contribution < -0.4 is 0 Å². The third-order valence-electron chi connectivity index (χ3n) is 4.19. The molecule has 118 valence electrons. The third kappa shape index (κ3) is 3.11. The average Bonchev–Trinajstić information content (AvgIpc) is 2.50. The standard InChI is InChI=1S/C18H22O4/c1-3-13(15-9-11(19)5-7-17(15)21)14(4-2)16-10-12(20)6-8-18(16)22/h5-10,13-14,19-22H,3-4H2,1-2H3. The monoisotopic (exact) mass is 302 g/mol. The number of phenols is 4. The van der Waals surface area contributed by atoms with Gasteiger partial charge in [-0.25, -0.2) is 0 Å². The minimum Gasteiger partial charge on any atom is -0.508 e. The van der Waals surface area contributed by atoms with E-state index in [0.29, 0.717) is 11.1 Å². The molecule has 2 aromatic rings. The first-order valence-electron chi connectivity index (χ1n) is 7.51. The molecule has 2 unspecified atom stereocenters. The van der Waals surface area contributed by atoms with Crippen LogP contribution in [0.2, 0.25) is 0 Å². The second-order valence-corrected chi connectivity index (χ2v) is 5.52. The fourth-order valence-corrected chi connectivity index (χ4v) is 3.12. The molecule has 0 saturated carbocycles. The Bertz CT molecular complexity index is 594. The molecule has 2 rings (SSSR count). The summed E-state index contributed by atoms with van der Waals surface area (Å²) in [6, 6.07) is 8.96. The third-order valence-corrected chi connectivity index (χ3v) is 4.19. The average molecular weight is 302 g/mol. The summed E-state index contributed by atoms with van der Waals surface area (Å²) in [6.07, 6.45) is 1.45. The van der Waals surface area contributed by atoms with Gasteiger partial charge in [0.2, 0.25) is 0 Å². The predicted octanol–water partition coefficient (Wildman–Crippen LogP) is 4.20. The minimum atomic E-state index is -0.0789. The van der Waals surface area contributed by atoms with Crippen molar-refractivity contribution in [2.24, 2.45) is 0 Å². The van der Waals surface area contributed by atoms with E-state index in [4.69, 9.17) is 0 Å². The van der Waals surface area contributed by atoms with Crippen LogP contribution in [-0.2, 0) is 0 Å². The van der Waals surface area contributed by atoms with Gasteiger partial charge in [0.05, 0.1) is 0 Å². The lowest BCUT2D eigenvalue weighted by molar-refractivity contribution is 0.413. The van der Waals surface area contributed by atoms with Gasteiger partial charge in [-0.3, -0.25) is 0 Å². The highest BCUT2D eigenvalue weighted by atomic mass is 16.3. The van der Waals surface area contributed by atoms with Crippen LogP contribution in [0.25, 0.3) is 0 Å². The largest absolute Gasteiger partial charge is 0.508 e. The number of hydrogen-bond donors (Lipinski definition) is 4. The number of phenolic OH excluding ortho intramolecular Hbond substituents is 4.